The Balaban J connectivity index is 1.58. The van der Waals surface area contributed by atoms with Crippen molar-refractivity contribution in [2.45, 2.75) is 45.6 Å². The van der Waals surface area contributed by atoms with Gasteiger partial charge in [0.2, 0.25) is 5.91 Å². The van der Waals surface area contributed by atoms with Crippen LogP contribution in [0.2, 0.25) is 0 Å². The third-order valence-corrected chi connectivity index (χ3v) is 6.75. The molecular formula is C27H31FN4O4. The van der Waals surface area contributed by atoms with E-state index in [2.05, 4.69) is 43.2 Å². The molecule has 1 saturated heterocycles. The van der Waals surface area contributed by atoms with Crippen molar-refractivity contribution in [3.63, 3.8) is 0 Å². The van der Waals surface area contributed by atoms with Gasteiger partial charge in [-0.05, 0) is 75.1 Å². The molecule has 1 atom stereocenters. The third kappa shape index (κ3) is 4.78. The van der Waals surface area contributed by atoms with Crippen molar-refractivity contribution in [1.29, 1.82) is 0 Å². The molecule has 0 bridgehead atoms. The molecule has 2 aromatic carbocycles. The summed E-state index contributed by atoms with van der Waals surface area (Å²) in [5, 5.41) is 5.11. The predicted octanol–water partition coefficient (Wildman–Crippen LogP) is 4.48. The van der Waals surface area contributed by atoms with E-state index in [0.717, 1.165) is 29.1 Å². The van der Waals surface area contributed by atoms with Gasteiger partial charge in [0.1, 0.15) is 23.8 Å². The minimum Gasteiger partial charge on any atom is -0.496 e. The third-order valence-electron chi connectivity index (χ3n) is 6.75. The summed E-state index contributed by atoms with van der Waals surface area (Å²) in [4.78, 5) is 41.1. The Bertz CT molecular complexity index is 1240. The van der Waals surface area contributed by atoms with Crippen LogP contribution in [0.4, 0.5) is 20.6 Å². The van der Waals surface area contributed by atoms with E-state index < -0.39 is 30.2 Å². The maximum atomic E-state index is 13.1. The Morgan fingerprint density at radius 3 is 2.58 bits per heavy atom. The van der Waals surface area contributed by atoms with Gasteiger partial charge in [-0.3, -0.25) is 9.59 Å². The van der Waals surface area contributed by atoms with Gasteiger partial charge in [-0.25, -0.2) is 14.1 Å². The molecule has 9 heteroatoms. The van der Waals surface area contributed by atoms with Crippen molar-refractivity contribution >= 4 is 35.3 Å². The first-order chi connectivity index (χ1) is 17.0. The van der Waals surface area contributed by atoms with Gasteiger partial charge in [-0.2, -0.15) is 0 Å². The molecule has 2 aromatic rings. The van der Waals surface area contributed by atoms with Crippen molar-refractivity contribution in [1.82, 2.24) is 10.2 Å². The molecule has 0 radical (unpaired) electrons. The van der Waals surface area contributed by atoms with Crippen LogP contribution in [0.15, 0.2) is 42.1 Å². The van der Waals surface area contributed by atoms with Gasteiger partial charge in [-0.15, -0.1) is 0 Å². The fourth-order valence-electron chi connectivity index (χ4n) is 5.16. The van der Waals surface area contributed by atoms with E-state index in [1.165, 1.54) is 24.3 Å². The van der Waals surface area contributed by atoms with E-state index in [0.29, 0.717) is 22.9 Å². The van der Waals surface area contributed by atoms with Crippen molar-refractivity contribution in [2.24, 2.45) is 0 Å². The quantitative estimate of drug-likeness (QED) is 0.457. The monoisotopic (exact) mass is 494 g/mol. The molecule has 0 spiro atoms. The first-order valence-electron chi connectivity index (χ1n) is 11.9. The number of imide groups is 1. The number of anilines is 2. The van der Waals surface area contributed by atoms with Gasteiger partial charge in [0, 0.05) is 35.1 Å². The van der Waals surface area contributed by atoms with E-state index in [1.54, 1.807) is 13.2 Å². The van der Waals surface area contributed by atoms with Crippen LogP contribution in [-0.4, -0.2) is 48.5 Å². The van der Waals surface area contributed by atoms with Crippen molar-refractivity contribution < 1.29 is 23.5 Å². The number of rotatable bonds is 6. The number of nitrogens with one attached hydrogen (secondary N) is 2. The lowest BCUT2D eigenvalue weighted by atomic mass is 9.79. The van der Waals surface area contributed by atoms with Crippen LogP contribution in [0.3, 0.4) is 0 Å². The van der Waals surface area contributed by atoms with Crippen LogP contribution in [-0.2, 0) is 9.59 Å². The molecule has 8 nitrogen and oxygen atoms in total. The van der Waals surface area contributed by atoms with Crippen LogP contribution in [0.5, 0.6) is 5.75 Å². The maximum Gasteiger partial charge on any atom is 0.329 e. The second-order valence-corrected chi connectivity index (χ2v) is 9.75. The van der Waals surface area contributed by atoms with Crippen molar-refractivity contribution in [2.75, 3.05) is 30.4 Å². The fraction of sp³-hybridized carbons (Fsp3) is 0.370. The molecule has 2 heterocycles. The molecule has 2 aliphatic heterocycles. The summed E-state index contributed by atoms with van der Waals surface area (Å²) in [5.41, 5.74) is 3.33. The first-order valence-corrected chi connectivity index (χ1v) is 11.9. The molecular weight excluding hydrogens is 463 g/mol. The number of urea groups is 1. The molecule has 2 N–H and O–H groups in total. The van der Waals surface area contributed by atoms with Gasteiger partial charge in [0.05, 0.1) is 7.11 Å². The molecule has 1 unspecified atom stereocenters. The second kappa shape index (κ2) is 9.64. The smallest absolute Gasteiger partial charge is 0.329 e. The maximum absolute atomic E-state index is 13.1. The van der Waals surface area contributed by atoms with E-state index in [-0.39, 0.29) is 11.2 Å². The number of halogens is 1. The molecule has 36 heavy (non-hydrogen) atoms. The molecule has 190 valence electrons. The number of carbonyl (C=O) groups is 3. The van der Waals surface area contributed by atoms with E-state index in [1.807, 2.05) is 12.1 Å². The van der Waals surface area contributed by atoms with Crippen LogP contribution in [0, 0.1) is 5.82 Å². The molecule has 4 rings (SSSR count). The van der Waals surface area contributed by atoms with Crippen LogP contribution in [0.25, 0.3) is 6.08 Å². The van der Waals surface area contributed by atoms with E-state index in [4.69, 9.17) is 4.74 Å². The number of benzene rings is 2. The number of amides is 4. The zero-order valence-corrected chi connectivity index (χ0v) is 21.1. The molecule has 2 aliphatic rings. The number of nitrogens with zero attached hydrogens (tertiary/aromatic N) is 2. The Hall–Kier alpha value is -3.88. The molecule has 0 aromatic heterocycles. The summed E-state index contributed by atoms with van der Waals surface area (Å²) < 4.78 is 18.7. The highest BCUT2D eigenvalue weighted by molar-refractivity contribution is 6.16. The summed E-state index contributed by atoms with van der Waals surface area (Å²) >= 11 is 0. The minimum atomic E-state index is -0.690. The number of ether oxygens (including phenoxy) is 1. The lowest BCUT2D eigenvalue weighted by Gasteiger charge is -2.47. The van der Waals surface area contributed by atoms with Gasteiger partial charge in [0.25, 0.3) is 5.91 Å². The second-order valence-electron chi connectivity index (χ2n) is 9.75. The highest BCUT2D eigenvalue weighted by Crippen LogP contribution is 2.46. The summed E-state index contributed by atoms with van der Waals surface area (Å²) in [7, 11) is 1.57. The predicted molar refractivity (Wildman–Crippen MR) is 136 cm³/mol. The number of fused-ring (bicyclic) bond motifs is 1. The lowest BCUT2D eigenvalue weighted by molar-refractivity contribution is -0.127. The molecule has 0 saturated carbocycles. The van der Waals surface area contributed by atoms with Gasteiger partial charge in [-0.1, -0.05) is 6.92 Å². The zero-order chi connectivity index (χ0) is 26.2. The van der Waals surface area contributed by atoms with Crippen molar-refractivity contribution in [3.8, 4) is 5.75 Å². The fourth-order valence-corrected chi connectivity index (χ4v) is 5.16. The summed E-state index contributed by atoms with van der Waals surface area (Å²) in [6.45, 7) is 9.13. The van der Waals surface area contributed by atoms with Crippen LogP contribution >= 0.6 is 0 Å². The highest BCUT2D eigenvalue weighted by Gasteiger charge is 2.37. The summed E-state index contributed by atoms with van der Waals surface area (Å²) in [5.74, 6) is -0.747. The Morgan fingerprint density at radius 1 is 1.25 bits per heavy atom. The van der Waals surface area contributed by atoms with Gasteiger partial charge >= 0.3 is 6.03 Å². The summed E-state index contributed by atoms with van der Waals surface area (Å²) in [6, 6.07) is 8.51. The number of hydrogen-bond donors (Lipinski definition) is 2. The minimum absolute atomic E-state index is 0.00343. The van der Waals surface area contributed by atoms with Crippen molar-refractivity contribution in [3.05, 3.63) is 59.0 Å². The Kier molecular flexibility index (Phi) is 6.75. The normalized spacial score (nSPS) is 19.8. The van der Waals surface area contributed by atoms with Gasteiger partial charge in [0.15, 0.2) is 0 Å². The highest BCUT2D eigenvalue weighted by atomic mass is 19.1. The molecule has 0 aliphatic carbocycles. The number of carbonyl (C=O) groups excluding carboxylic acids is 3. The molecule has 1 fully saturated rings. The topological polar surface area (TPSA) is 91.0 Å². The number of methoxy groups -OCH3 is 1. The van der Waals surface area contributed by atoms with E-state index in [9.17, 15) is 18.8 Å². The lowest BCUT2D eigenvalue weighted by Crippen LogP contribution is -2.48. The Morgan fingerprint density at radius 2 is 1.94 bits per heavy atom. The average molecular weight is 495 g/mol. The average Bonchev–Trinajstić information content (AvgIpc) is 3.07. The van der Waals surface area contributed by atoms with Crippen LogP contribution in [0.1, 0.15) is 51.2 Å². The molecule has 4 amide bonds. The van der Waals surface area contributed by atoms with E-state index >= 15 is 0 Å². The standard InChI is InChI=1S/C27H31FN4O4/c1-6-32-22-13-23(36-5)17(11-20(22)16(2)14-27(32,3)4)12-21-25(34)31(26(35)30-21)15-24(33)29-19-9-7-18(28)8-10-19/h7-13,16H,6,14-15H2,1-5H3,(H,29,33)(H,30,35)/b21-12+. The van der Waals surface area contributed by atoms with Crippen LogP contribution < -0.4 is 20.3 Å². The first kappa shape index (κ1) is 25.2. The number of hydrogen-bond acceptors (Lipinski definition) is 5. The zero-order valence-electron chi connectivity index (χ0n) is 21.1. The van der Waals surface area contributed by atoms with Gasteiger partial charge < -0.3 is 20.3 Å². The Labute approximate surface area is 210 Å². The summed E-state index contributed by atoms with van der Waals surface area (Å²) in [6.07, 6.45) is 2.56. The largest absolute Gasteiger partial charge is 0.496 e. The SMILES string of the molecule is CCN1c2cc(OC)c(/C=C3/NC(=O)N(CC(=O)Nc4ccc(F)cc4)C3=O)cc2C(C)CC1(C)C.